The Bertz CT molecular complexity index is 867. The summed E-state index contributed by atoms with van der Waals surface area (Å²) in [6, 6.07) is 1.75. The van der Waals surface area contributed by atoms with Gasteiger partial charge in [-0.25, -0.2) is 13.6 Å². The van der Waals surface area contributed by atoms with Gasteiger partial charge in [0.15, 0.2) is 0 Å². The number of fused-ring (bicyclic) bond motifs is 2. The zero-order valence-corrected chi connectivity index (χ0v) is 18.6. The summed E-state index contributed by atoms with van der Waals surface area (Å²) >= 11 is 0. The van der Waals surface area contributed by atoms with Crippen LogP contribution in [0.15, 0.2) is 18.2 Å². The molecule has 2 N–H and O–H groups in total. The highest BCUT2D eigenvalue weighted by atomic mass is 19.1. The highest BCUT2D eigenvalue weighted by Crippen LogP contribution is 2.45. The third-order valence-electron chi connectivity index (χ3n) is 6.01. The highest BCUT2D eigenvalue weighted by Gasteiger charge is 2.59. The molecule has 0 saturated carbocycles. The van der Waals surface area contributed by atoms with E-state index in [0.717, 1.165) is 18.2 Å². The number of aliphatic hydroxyl groups is 1. The van der Waals surface area contributed by atoms with Crippen molar-refractivity contribution in [3.63, 3.8) is 0 Å². The number of halogens is 2. The number of benzene rings is 1. The maximum absolute atomic E-state index is 13.8. The monoisotopic (exact) mass is 452 g/mol. The number of hydrogen-bond acceptors (Lipinski definition) is 5. The SMILES string of the molecule is CC(C)(C)OC(=O)N1C2CCC1(C(=O)N[C@@H](CCC=O)c1cc(F)cc(F)c1)CC(O)C2. The van der Waals surface area contributed by atoms with Gasteiger partial charge in [0.25, 0.3) is 0 Å². The number of carbonyl (C=O) groups is 3. The molecule has 3 rings (SSSR count). The standard InChI is InChI=1S/C23H30F2N2O5/c1-22(2,3)32-21(31)27-17-6-7-23(27,13-18(29)12-17)20(30)26-19(5-4-8-28)14-9-15(24)11-16(25)10-14/h8-11,17-19,29H,4-7,12-13H2,1-3H3,(H,26,30)/t17?,18?,19-,23?/m0/s1. The van der Waals surface area contributed by atoms with E-state index < -0.39 is 46.9 Å². The molecule has 4 atom stereocenters. The fourth-order valence-electron chi connectivity index (χ4n) is 4.79. The molecule has 0 aliphatic carbocycles. The van der Waals surface area contributed by atoms with Crippen LogP contribution in [0.25, 0.3) is 0 Å². The van der Waals surface area contributed by atoms with E-state index in [-0.39, 0.29) is 30.9 Å². The maximum Gasteiger partial charge on any atom is 0.411 e. The van der Waals surface area contributed by atoms with Crippen molar-refractivity contribution < 1.29 is 33.0 Å². The number of piperidine rings is 1. The lowest BCUT2D eigenvalue weighted by Gasteiger charge is -2.45. The summed E-state index contributed by atoms with van der Waals surface area (Å²) in [5.74, 6) is -2.13. The number of rotatable bonds is 6. The van der Waals surface area contributed by atoms with Crippen molar-refractivity contribution in [1.82, 2.24) is 10.2 Å². The van der Waals surface area contributed by atoms with Gasteiger partial charge in [-0.15, -0.1) is 0 Å². The quantitative estimate of drug-likeness (QED) is 0.645. The number of nitrogens with one attached hydrogen (secondary N) is 1. The summed E-state index contributed by atoms with van der Waals surface area (Å²) in [5, 5.41) is 13.2. The van der Waals surface area contributed by atoms with Crippen LogP contribution >= 0.6 is 0 Å². The number of aldehydes is 1. The number of hydrogen-bond donors (Lipinski definition) is 2. The van der Waals surface area contributed by atoms with Gasteiger partial charge in [-0.2, -0.15) is 0 Å². The molecule has 2 saturated heterocycles. The summed E-state index contributed by atoms with van der Waals surface area (Å²) in [5.41, 5.74) is -1.92. The molecular formula is C23H30F2N2O5. The number of amides is 2. The first-order valence-corrected chi connectivity index (χ1v) is 10.9. The van der Waals surface area contributed by atoms with E-state index in [2.05, 4.69) is 5.32 Å². The van der Waals surface area contributed by atoms with Crippen molar-refractivity contribution in [2.75, 3.05) is 0 Å². The van der Waals surface area contributed by atoms with Crippen molar-refractivity contribution in [2.45, 2.75) is 88.6 Å². The maximum atomic E-state index is 13.8. The molecule has 2 heterocycles. The normalized spacial score (nSPS) is 25.9. The minimum atomic E-state index is -1.34. The average molecular weight is 452 g/mol. The Labute approximate surface area is 186 Å². The van der Waals surface area contributed by atoms with E-state index in [1.807, 2.05) is 0 Å². The van der Waals surface area contributed by atoms with Crippen LogP contribution in [-0.2, 0) is 14.3 Å². The van der Waals surface area contributed by atoms with E-state index >= 15 is 0 Å². The molecule has 32 heavy (non-hydrogen) atoms. The second-order valence-corrected chi connectivity index (χ2v) is 9.64. The van der Waals surface area contributed by atoms with Crippen molar-refractivity contribution in [2.24, 2.45) is 0 Å². The summed E-state index contributed by atoms with van der Waals surface area (Å²) in [6.07, 6.45) is 0.689. The van der Waals surface area contributed by atoms with Crippen LogP contribution in [0.1, 0.15) is 70.9 Å². The minimum absolute atomic E-state index is 0.0342. The molecule has 176 valence electrons. The zero-order valence-electron chi connectivity index (χ0n) is 18.6. The Kier molecular flexibility index (Phi) is 6.88. The summed E-state index contributed by atoms with van der Waals surface area (Å²) in [6.45, 7) is 5.19. The molecule has 2 aliphatic heterocycles. The fourth-order valence-corrected chi connectivity index (χ4v) is 4.79. The first-order valence-electron chi connectivity index (χ1n) is 10.9. The number of aliphatic hydroxyl groups excluding tert-OH is 1. The van der Waals surface area contributed by atoms with Gasteiger partial charge < -0.3 is 20.0 Å². The highest BCUT2D eigenvalue weighted by molar-refractivity contribution is 5.91. The fraction of sp³-hybridized carbons (Fsp3) is 0.609. The number of carbonyl (C=O) groups excluding carboxylic acids is 3. The van der Waals surface area contributed by atoms with Crippen molar-refractivity contribution in [3.05, 3.63) is 35.4 Å². The van der Waals surface area contributed by atoms with Gasteiger partial charge in [0.2, 0.25) is 5.91 Å². The summed E-state index contributed by atoms with van der Waals surface area (Å²) in [7, 11) is 0. The molecule has 1 aromatic rings. The number of nitrogens with zero attached hydrogens (tertiary/aromatic N) is 1. The zero-order chi connectivity index (χ0) is 23.7. The molecule has 0 radical (unpaired) electrons. The molecule has 0 spiro atoms. The Morgan fingerprint density at radius 2 is 1.97 bits per heavy atom. The van der Waals surface area contributed by atoms with Gasteiger partial charge in [-0.05, 0) is 64.2 Å². The first kappa shape index (κ1) is 24.1. The van der Waals surface area contributed by atoms with Crippen LogP contribution in [-0.4, -0.2) is 51.6 Å². The molecule has 3 unspecified atom stereocenters. The number of ether oxygens (including phenoxy) is 1. The molecule has 2 aliphatic rings. The third-order valence-corrected chi connectivity index (χ3v) is 6.01. The topological polar surface area (TPSA) is 95.9 Å². The van der Waals surface area contributed by atoms with Crippen molar-refractivity contribution in [3.8, 4) is 0 Å². The van der Waals surface area contributed by atoms with Gasteiger partial charge >= 0.3 is 6.09 Å². The van der Waals surface area contributed by atoms with E-state index in [0.29, 0.717) is 25.5 Å². The second-order valence-electron chi connectivity index (χ2n) is 9.64. The lowest BCUT2D eigenvalue weighted by atomic mass is 9.85. The molecule has 2 fully saturated rings. The lowest BCUT2D eigenvalue weighted by Crippen LogP contribution is -2.64. The lowest BCUT2D eigenvalue weighted by molar-refractivity contribution is -0.139. The summed E-state index contributed by atoms with van der Waals surface area (Å²) in [4.78, 5) is 38.9. The van der Waals surface area contributed by atoms with Crippen molar-refractivity contribution in [1.29, 1.82) is 0 Å². The van der Waals surface area contributed by atoms with Crippen LogP contribution in [0.5, 0.6) is 0 Å². The molecule has 2 bridgehead atoms. The molecular weight excluding hydrogens is 422 g/mol. The molecule has 2 amide bonds. The Morgan fingerprint density at radius 1 is 1.31 bits per heavy atom. The van der Waals surface area contributed by atoms with Crippen LogP contribution in [0.4, 0.5) is 13.6 Å². The van der Waals surface area contributed by atoms with E-state index in [1.54, 1.807) is 20.8 Å². The van der Waals surface area contributed by atoms with E-state index in [9.17, 15) is 28.3 Å². The predicted molar refractivity (Wildman–Crippen MR) is 112 cm³/mol. The minimum Gasteiger partial charge on any atom is -0.444 e. The van der Waals surface area contributed by atoms with Gasteiger partial charge in [-0.1, -0.05) is 0 Å². The van der Waals surface area contributed by atoms with Crippen LogP contribution < -0.4 is 5.32 Å². The van der Waals surface area contributed by atoms with Gasteiger partial charge in [-0.3, -0.25) is 9.69 Å². The van der Waals surface area contributed by atoms with E-state index in [4.69, 9.17) is 4.74 Å². The Hall–Kier alpha value is -2.55. The summed E-state index contributed by atoms with van der Waals surface area (Å²) < 4.78 is 33.1. The van der Waals surface area contributed by atoms with Crippen LogP contribution in [0, 0.1) is 11.6 Å². The molecule has 1 aromatic carbocycles. The second kappa shape index (κ2) is 9.13. The predicted octanol–water partition coefficient (Wildman–Crippen LogP) is 3.39. The molecule has 7 nitrogen and oxygen atoms in total. The smallest absolute Gasteiger partial charge is 0.411 e. The Balaban J connectivity index is 1.91. The van der Waals surface area contributed by atoms with Crippen LogP contribution in [0.2, 0.25) is 0 Å². The van der Waals surface area contributed by atoms with Gasteiger partial charge in [0.05, 0.1) is 12.1 Å². The first-order chi connectivity index (χ1) is 14.9. The molecule has 9 heteroatoms. The van der Waals surface area contributed by atoms with Crippen LogP contribution in [0.3, 0.4) is 0 Å². The van der Waals surface area contributed by atoms with Gasteiger partial charge in [0.1, 0.15) is 29.1 Å². The van der Waals surface area contributed by atoms with Crippen molar-refractivity contribution >= 4 is 18.3 Å². The third kappa shape index (κ3) is 5.09. The largest absolute Gasteiger partial charge is 0.444 e. The van der Waals surface area contributed by atoms with E-state index in [1.165, 1.54) is 4.90 Å². The average Bonchev–Trinajstić information content (AvgIpc) is 2.92. The Morgan fingerprint density at radius 3 is 2.56 bits per heavy atom. The molecule has 0 aromatic heterocycles. The van der Waals surface area contributed by atoms with Gasteiger partial charge in [0, 0.05) is 24.9 Å².